The lowest BCUT2D eigenvalue weighted by Gasteiger charge is -2.31. The van der Waals surface area contributed by atoms with Crippen molar-refractivity contribution >= 4 is 11.8 Å². The van der Waals surface area contributed by atoms with E-state index in [9.17, 15) is 9.59 Å². The van der Waals surface area contributed by atoms with E-state index >= 15 is 0 Å². The number of aromatic carboxylic acids is 1. The summed E-state index contributed by atoms with van der Waals surface area (Å²) in [7, 11) is 0. The molecular formula is C15H19NO3. The molecule has 1 unspecified atom stereocenters. The number of carbonyl (C=O) groups is 2. The molecule has 1 heterocycles. The standard InChI is InChI=1S/C15H19NO3/c1-2-12-10-16(7-6-14(12)17)9-11-4-3-5-13(8-11)15(18)19/h3-5,8,12H,2,6-7,9-10H2,1H3,(H,18,19). The minimum atomic E-state index is -0.901. The lowest BCUT2D eigenvalue weighted by Crippen LogP contribution is -2.40. The van der Waals surface area contributed by atoms with Gasteiger partial charge in [-0.15, -0.1) is 0 Å². The van der Waals surface area contributed by atoms with Crippen molar-refractivity contribution in [2.75, 3.05) is 13.1 Å². The predicted octanol–water partition coefficient (Wildman–Crippen LogP) is 2.19. The topological polar surface area (TPSA) is 57.6 Å². The number of rotatable bonds is 4. The molecule has 4 heteroatoms. The van der Waals surface area contributed by atoms with Gasteiger partial charge in [0.25, 0.3) is 0 Å². The smallest absolute Gasteiger partial charge is 0.335 e. The average molecular weight is 261 g/mol. The normalized spacial score (nSPS) is 20.5. The molecule has 102 valence electrons. The monoisotopic (exact) mass is 261 g/mol. The molecule has 0 amide bonds. The first kappa shape index (κ1) is 13.7. The molecule has 0 bridgehead atoms. The van der Waals surface area contributed by atoms with E-state index < -0.39 is 5.97 Å². The predicted molar refractivity (Wildman–Crippen MR) is 72.1 cm³/mol. The molecule has 19 heavy (non-hydrogen) atoms. The molecule has 0 radical (unpaired) electrons. The second kappa shape index (κ2) is 5.97. The number of hydrogen-bond donors (Lipinski definition) is 1. The van der Waals surface area contributed by atoms with Crippen molar-refractivity contribution in [3.8, 4) is 0 Å². The molecule has 0 saturated carbocycles. The Bertz CT molecular complexity index is 484. The molecule has 1 aromatic carbocycles. The van der Waals surface area contributed by atoms with Gasteiger partial charge in [0.1, 0.15) is 5.78 Å². The summed E-state index contributed by atoms with van der Waals surface area (Å²) >= 11 is 0. The largest absolute Gasteiger partial charge is 0.478 e. The number of Topliss-reactive ketones (excluding diaryl/α,β-unsaturated/α-hetero) is 1. The van der Waals surface area contributed by atoms with Crippen LogP contribution in [0, 0.1) is 5.92 Å². The van der Waals surface area contributed by atoms with Crippen molar-refractivity contribution in [2.24, 2.45) is 5.92 Å². The SMILES string of the molecule is CCC1CN(Cc2cccc(C(=O)O)c2)CCC1=O. The molecular weight excluding hydrogens is 242 g/mol. The van der Waals surface area contributed by atoms with Crippen molar-refractivity contribution in [3.05, 3.63) is 35.4 Å². The van der Waals surface area contributed by atoms with Gasteiger partial charge in [-0.1, -0.05) is 19.1 Å². The van der Waals surface area contributed by atoms with E-state index in [-0.39, 0.29) is 5.92 Å². The van der Waals surface area contributed by atoms with Gasteiger partial charge < -0.3 is 5.11 Å². The fourth-order valence-electron chi connectivity index (χ4n) is 2.54. The van der Waals surface area contributed by atoms with Gasteiger partial charge in [-0.3, -0.25) is 9.69 Å². The number of carboxylic acid groups (broad SMARTS) is 1. The zero-order chi connectivity index (χ0) is 13.8. The van der Waals surface area contributed by atoms with Crippen molar-refractivity contribution in [1.82, 2.24) is 4.90 Å². The highest BCUT2D eigenvalue weighted by Crippen LogP contribution is 2.18. The van der Waals surface area contributed by atoms with Crippen LogP contribution in [0.3, 0.4) is 0 Å². The Kier molecular flexibility index (Phi) is 4.32. The van der Waals surface area contributed by atoms with Gasteiger partial charge in [0, 0.05) is 32.0 Å². The fourth-order valence-corrected chi connectivity index (χ4v) is 2.54. The van der Waals surface area contributed by atoms with Crippen molar-refractivity contribution in [1.29, 1.82) is 0 Å². The number of ketones is 1. The molecule has 4 nitrogen and oxygen atoms in total. The Morgan fingerprint density at radius 1 is 1.47 bits per heavy atom. The van der Waals surface area contributed by atoms with Gasteiger partial charge in [0.2, 0.25) is 0 Å². The Morgan fingerprint density at radius 2 is 2.26 bits per heavy atom. The van der Waals surface area contributed by atoms with E-state index in [4.69, 9.17) is 5.11 Å². The Hall–Kier alpha value is -1.68. The highest BCUT2D eigenvalue weighted by molar-refractivity contribution is 5.87. The minimum Gasteiger partial charge on any atom is -0.478 e. The first-order valence-electron chi connectivity index (χ1n) is 6.67. The van der Waals surface area contributed by atoms with E-state index in [2.05, 4.69) is 4.90 Å². The van der Waals surface area contributed by atoms with Crippen LogP contribution in [0.25, 0.3) is 0 Å². The summed E-state index contributed by atoms with van der Waals surface area (Å²) in [6, 6.07) is 7.01. The number of hydrogen-bond acceptors (Lipinski definition) is 3. The number of piperidine rings is 1. The highest BCUT2D eigenvalue weighted by Gasteiger charge is 2.25. The average Bonchev–Trinajstić information content (AvgIpc) is 2.41. The van der Waals surface area contributed by atoms with Crippen molar-refractivity contribution in [3.63, 3.8) is 0 Å². The molecule has 0 aromatic heterocycles. The van der Waals surface area contributed by atoms with Gasteiger partial charge in [-0.2, -0.15) is 0 Å². The quantitative estimate of drug-likeness (QED) is 0.902. The highest BCUT2D eigenvalue weighted by atomic mass is 16.4. The maximum Gasteiger partial charge on any atom is 0.335 e. The van der Waals surface area contributed by atoms with Gasteiger partial charge in [-0.25, -0.2) is 4.79 Å². The number of nitrogens with zero attached hydrogens (tertiary/aromatic N) is 1. The zero-order valence-corrected chi connectivity index (χ0v) is 11.1. The number of benzene rings is 1. The number of carboxylic acids is 1. The molecule has 1 fully saturated rings. The molecule has 1 N–H and O–H groups in total. The van der Waals surface area contributed by atoms with E-state index in [0.29, 0.717) is 24.3 Å². The Labute approximate surface area is 113 Å². The van der Waals surface area contributed by atoms with Gasteiger partial charge in [0.05, 0.1) is 5.56 Å². The Balaban J connectivity index is 2.03. The van der Waals surface area contributed by atoms with Crippen LogP contribution >= 0.6 is 0 Å². The lowest BCUT2D eigenvalue weighted by molar-refractivity contribution is -0.126. The first-order valence-corrected chi connectivity index (χ1v) is 6.67. The molecule has 2 rings (SSSR count). The second-order valence-corrected chi connectivity index (χ2v) is 5.06. The minimum absolute atomic E-state index is 0.136. The van der Waals surface area contributed by atoms with Gasteiger partial charge >= 0.3 is 5.97 Å². The maximum absolute atomic E-state index is 11.7. The molecule has 0 spiro atoms. The van der Waals surface area contributed by atoms with E-state index in [1.54, 1.807) is 18.2 Å². The summed E-state index contributed by atoms with van der Waals surface area (Å²) in [5.74, 6) is -0.406. The van der Waals surface area contributed by atoms with Crippen molar-refractivity contribution in [2.45, 2.75) is 26.3 Å². The Morgan fingerprint density at radius 3 is 2.95 bits per heavy atom. The van der Waals surface area contributed by atoms with Gasteiger partial charge in [-0.05, 0) is 24.1 Å². The van der Waals surface area contributed by atoms with Crippen LogP contribution in [0.15, 0.2) is 24.3 Å². The van der Waals surface area contributed by atoms with Crippen LogP contribution in [0.4, 0.5) is 0 Å². The number of carbonyl (C=O) groups excluding carboxylic acids is 1. The van der Waals surface area contributed by atoms with E-state index in [1.165, 1.54) is 0 Å². The first-order chi connectivity index (χ1) is 9.10. The van der Waals surface area contributed by atoms with Crippen LogP contribution < -0.4 is 0 Å². The maximum atomic E-state index is 11.7. The fraction of sp³-hybridized carbons (Fsp3) is 0.467. The third-order valence-corrected chi connectivity index (χ3v) is 3.68. The summed E-state index contributed by atoms with van der Waals surface area (Å²) in [5.41, 5.74) is 1.31. The lowest BCUT2D eigenvalue weighted by atomic mass is 9.94. The van der Waals surface area contributed by atoms with E-state index in [0.717, 1.165) is 25.1 Å². The third-order valence-electron chi connectivity index (χ3n) is 3.68. The molecule has 1 atom stereocenters. The van der Waals surface area contributed by atoms with Gasteiger partial charge in [0.15, 0.2) is 0 Å². The molecule has 1 aliphatic rings. The van der Waals surface area contributed by atoms with Crippen LogP contribution in [0.1, 0.15) is 35.7 Å². The second-order valence-electron chi connectivity index (χ2n) is 5.06. The number of likely N-dealkylation sites (tertiary alicyclic amines) is 1. The summed E-state index contributed by atoms with van der Waals surface area (Å²) in [5, 5.41) is 8.97. The third kappa shape index (κ3) is 3.41. The summed E-state index contributed by atoms with van der Waals surface area (Å²) in [6.07, 6.45) is 1.49. The molecule has 1 aromatic rings. The summed E-state index contributed by atoms with van der Waals surface area (Å²) in [4.78, 5) is 24.8. The molecule has 0 aliphatic carbocycles. The zero-order valence-electron chi connectivity index (χ0n) is 11.1. The molecule has 1 aliphatic heterocycles. The summed E-state index contributed by atoms with van der Waals surface area (Å²) in [6.45, 7) is 4.31. The van der Waals surface area contributed by atoms with Crippen LogP contribution in [0.5, 0.6) is 0 Å². The van der Waals surface area contributed by atoms with Crippen LogP contribution in [-0.4, -0.2) is 34.8 Å². The van der Waals surface area contributed by atoms with Crippen LogP contribution in [-0.2, 0) is 11.3 Å². The molecule has 1 saturated heterocycles. The van der Waals surface area contributed by atoms with Crippen molar-refractivity contribution < 1.29 is 14.7 Å². The summed E-state index contributed by atoms with van der Waals surface area (Å²) < 4.78 is 0. The van der Waals surface area contributed by atoms with Crippen LogP contribution in [0.2, 0.25) is 0 Å². The van der Waals surface area contributed by atoms with E-state index in [1.807, 2.05) is 13.0 Å².